The van der Waals surface area contributed by atoms with Crippen LogP contribution in [-0.2, 0) is 29.2 Å². The number of carbonyl (C=O) groups is 2. The Balaban J connectivity index is 1.26. The van der Waals surface area contributed by atoms with Crippen molar-refractivity contribution in [3.8, 4) is 5.75 Å². The molecule has 30 heavy (non-hydrogen) atoms. The van der Waals surface area contributed by atoms with E-state index in [-0.39, 0.29) is 24.2 Å². The number of methoxy groups -OCH3 is 1. The largest absolute Gasteiger partial charge is 0.497 e. The minimum atomic E-state index is -0.285. The lowest BCUT2D eigenvalue weighted by Gasteiger charge is -2.30. The number of likely N-dealkylation sites (tertiary alicyclic amines) is 1. The van der Waals surface area contributed by atoms with Crippen LogP contribution in [0, 0.1) is 5.92 Å². The van der Waals surface area contributed by atoms with E-state index < -0.39 is 0 Å². The molecule has 3 aromatic rings. The molecule has 7 nitrogen and oxygen atoms in total. The summed E-state index contributed by atoms with van der Waals surface area (Å²) in [5.41, 5.74) is 3.11. The van der Waals surface area contributed by atoms with Gasteiger partial charge in [-0.3, -0.25) is 9.59 Å². The summed E-state index contributed by atoms with van der Waals surface area (Å²) in [7, 11) is 1.63. The molecule has 1 saturated heterocycles. The van der Waals surface area contributed by atoms with Crippen molar-refractivity contribution in [1.82, 2.24) is 19.4 Å². The molecule has 1 unspecified atom stereocenters. The fourth-order valence-electron chi connectivity index (χ4n) is 4.45. The first kappa shape index (κ1) is 18.7. The molecule has 0 bridgehead atoms. The van der Waals surface area contributed by atoms with Crippen molar-refractivity contribution in [2.24, 2.45) is 5.92 Å². The van der Waals surface area contributed by atoms with E-state index in [1.807, 2.05) is 47.4 Å². The van der Waals surface area contributed by atoms with Gasteiger partial charge < -0.3 is 19.1 Å². The van der Waals surface area contributed by atoms with Gasteiger partial charge in [0.1, 0.15) is 11.6 Å². The first-order valence-corrected chi connectivity index (χ1v) is 10.3. The Morgan fingerprint density at radius 3 is 2.73 bits per heavy atom. The van der Waals surface area contributed by atoms with E-state index in [0.717, 1.165) is 34.7 Å². The molecular weight excluding hydrogens is 380 g/mol. The van der Waals surface area contributed by atoms with Gasteiger partial charge in [0.15, 0.2) is 0 Å². The molecule has 2 aliphatic rings. The molecule has 154 valence electrons. The zero-order chi connectivity index (χ0) is 20.7. The number of rotatable bonds is 4. The van der Waals surface area contributed by atoms with E-state index in [9.17, 15) is 9.59 Å². The zero-order valence-corrected chi connectivity index (χ0v) is 17.0. The maximum Gasteiger partial charge on any atom is 0.228 e. The first-order valence-electron chi connectivity index (χ1n) is 10.3. The number of carbonyl (C=O) groups excluding carboxylic acids is 2. The summed E-state index contributed by atoms with van der Waals surface area (Å²) in [5, 5.41) is 0. The molecule has 3 heterocycles. The SMILES string of the molecule is COc1ccc(CN2CC(C(=O)N3CCn4c(nc5ccccc54)C3)CC2=O)cc1. The van der Waals surface area contributed by atoms with Crippen LogP contribution in [0.2, 0.25) is 0 Å². The number of fused-ring (bicyclic) bond motifs is 3. The maximum absolute atomic E-state index is 13.1. The van der Waals surface area contributed by atoms with Gasteiger partial charge in [0, 0.05) is 32.6 Å². The molecule has 0 radical (unpaired) electrons. The van der Waals surface area contributed by atoms with Crippen molar-refractivity contribution in [3.63, 3.8) is 0 Å². The summed E-state index contributed by atoms with van der Waals surface area (Å²) in [6.45, 7) is 2.86. The van der Waals surface area contributed by atoms with Gasteiger partial charge in [-0.2, -0.15) is 0 Å². The van der Waals surface area contributed by atoms with Gasteiger partial charge >= 0.3 is 0 Å². The smallest absolute Gasteiger partial charge is 0.228 e. The second kappa shape index (κ2) is 7.48. The van der Waals surface area contributed by atoms with Crippen molar-refractivity contribution >= 4 is 22.8 Å². The Bertz CT molecular complexity index is 1110. The lowest BCUT2D eigenvalue weighted by Crippen LogP contribution is -2.42. The van der Waals surface area contributed by atoms with Crippen molar-refractivity contribution in [3.05, 3.63) is 59.9 Å². The lowest BCUT2D eigenvalue weighted by atomic mass is 10.1. The van der Waals surface area contributed by atoms with E-state index in [1.165, 1.54) is 0 Å². The maximum atomic E-state index is 13.1. The lowest BCUT2D eigenvalue weighted by molar-refractivity contribution is -0.137. The van der Waals surface area contributed by atoms with E-state index in [4.69, 9.17) is 9.72 Å². The topological polar surface area (TPSA) is 67.7 Å². The number of hydrogen-bond donors (Lipinski definition) is 0. The highest BCUT2D eigenvalue weighted by molar-refractivity contribution is 5.89. The van der Waals surface area contributed by atoms with E-state index in [1.54, 1.807) is 12.0 Å². The number of ether oxygens (including phenoxy) is 1. The van der Waals surface area contributed by atoms with Gasteiger partial charge in [-0.1, -0.05) is 24.3 Å². The van der Waals surface area contributed by atoms with Crippen LogP contribution in [0.4, 0.5) is 0 Å². The molecule has 2 aliphatic heterocycles. The van der Waals surface area contributed by atoms with Crippen molar-refractivity contribution in [2.75, 3.05) is 20.2 Å². The van der Waals surface area contributed by atoms with E-state index in [0.29, 0.717) is 26.2 Å². The summed E-state index contributed by atoms with van der Waals surface area (Å²) < 4.78 is 7.37. The molecule has 1 fully saturated rings. The van der Waals surface area contributed by atoms with Gasteiger partial charge in [0.2, 0.25) is 11.8 Å². The number of aromatic nitrogens is 2. The summed E-state index contributed by atoms with van der Waals surface area (Å²) in [6, 6.07) is 15.7. The van der Waals surface area contributed by atoms with E-state index in [2.05, 4.69) is 10.6 Å². The Morgan fingerprint density at radius 2 is 1.93 bits per heavy atom. The number of hydrogen-bond acceptors (Lipinski definition) is 4. The molecule has 2 amide bonds. The van der Waals surface area contributed by atoms with Gasteiger partial charge in [0.05, 0.1) is 30.6 Å². The molecule has 0 aliphatic carbocycles. The van der Waals surface area contributed by atoms with Gasteiger partial charge in [-0.15, -0.1) is 0 Å². The van der Waals surface area contributed by atoms with Crippen LogP contribution < -0.4 is 4.74 Å². The highest BCUT2D eigenvalue weighted by Gasteiger charge is 2.37. The standard InChI is InChI=1S/C23H24N4O3/c1-30-18-8-6-16(7-9-18)13-26-14-17(12-22(26)28)23(29)25-10-11-27-20-5-3-2-4-19(20)24-21(27)15-25/h2-9,17H,10-15H2,1H3. The molecule has 0 spiro atoms. The minimum Gasteiger partial charge on any atom is -0.497 e. The molecule has 1 aromatic heterocycles. The fraction of sp³-hybridized carbons (Fsp3) is 0.348. The highest BCUT2D eigenvalue weighted by atomic mass is 16.5. The molecule has 0 saturated carbocycles. The second-order valence-electron chi connectivity index (χ2n) is 7.95. The van der Waals surface area contributed by atoms with Crippen LogP contribution in [0.15, 0.2) is 48.5 Å². The normalized spacial score (nSPS) is 18.7. The molecule has 0 N–H and O–H groups in total. The summed E-state index contributed by atoms with van der Waals surface area (Å²) in [5.74, 6) is 1.50. The zero-order valence-electron chi connectivity index (χ0n) is 17.0. The van der Waals surface area contributed by atoms with Crippen LogP contribution >= 0.6 is 0 Å². The summed E-state index contributed by atoms with van der Waals surface area (Å²) in [4.78, 5) is 34.0. The number of nitrogens with zero attached hydrogens (tertiary/aromatic N) is 4. The number of benzene rings is 2. The quantitative estimate of drug-likeness (QED) is 0.670. The third-order valence-corrected chi connectivity index (χ3v) is 6.07. The predicted octanol–water partition coefficient (Wildman–Crippen LogP) is 2.44. The van der Waals surface area contributed by atoms with Gasteiger partial charge in [-0.05, 0) is 29.8 Å². The summed E-state index contributed by atoms with van der Waals surface area (Å²) >= 11 is 0. The summed E-state index contributed by atoms with van der Waals surface area (Å²) in [6.07, 6.45) is 0.280. The molecular formula is C23H24N4O3. The molecule has 1 atom stereocenters. The van der Waals surface area contributed by atoms with Gasteiger partial charge in [-0.25, -0.2) is 4.98 Å². The Kier molecular flexibility index (Phi) is 4.65. The Labute approximate surface area is 174 Å². The van der Waals surface area contributed by atoms with Crippen molar-refractivity contribution in [2.45, 2.75) is 26.1 Å². The average molecular weight is 404 g/mol. The van der Waals surface area contributed by atoms with Crippen molar-refractivity contribution in [1.29, 1.82) is 0 Å². The third-order valence-electron chi connectivity index (χ3n) is 6.07. The van der Waals surface area contributed by atoms with Gasteiger partial charge in [0.25, 0.3) is 0 Å². The van der Waals surface area contributed by atoms with Crippen molar-refractivity contribution < 1.29 is 14.3 Å². The Hall–Kier alpha value is -3.35. The second-order valence-corrected chi connectivity index (χ2v) is 7.95. The molecule has 7 heteroatoms. The highest BCUT2D eigenvalue weighted by Crippen LogP contribution is 2.26. The number of para-hydroxylation sites is 2. The van der Waals surface area contributed by atoms with E-state index >= 15 is 0 Å². The molecule has 2 aromatic carbocycles. The average Bonchev–Trinajstić information content (AvgIpc) is 3.33. The fourth-order valence-corrected chi connectivity index (χ4v) is 4.45. The minimum absolute atomic E-state index is 0.0356. The van der Waals surface area contributed by atoms with Crippen LogP contribution in [0.5, 0.6) is 5.75 Å². The van der Waals surface area contributed by atoms with Crippen LogP contribution in [0.3, 0.4) is 0 Å². The van der Waals surface area contributed by atoms with Crippen LogP contribution in [-0.4, -0.2) is 51.4 Å². The number of imidazole rings is 1. The third kappa shape index (κ3) is 3.30. The monoisotopic (exact) mass is 404 g/mol. The van der Waals surface area contributed by atoms with Crippen LogP contribution in [0.1, 0.15) is 17.8 Å². The van der Waals surface area contributed by atoms with Crippen LogP contribution in [0.25, 0.3) is 11.0 Å². The molecule has 5 rings (SSSR count). The first-order chi connectivity index (χ1) is 14.6. The number of amides is 2. The predicted molar refractivity (Wildman–Crippen MR) is 112 cm³/mol. The Morgan fingerprint density at radius 1 is 1.13 bits per heavy atom.